The number of nitrogens with zero attached hydrogens (tertiary/aromatic N) is 2. The summed E-state index contributed by atoms with van der Waals surface area (Å²) in [4.78, 5) is 5.21. The Balaban J connectivity index is 1.75. The van der Waals surface area contributed by atoms with E-state index in [9.17, 15) is 0 Å². The van der Waals surface area contributed by atoms with Gasteiger partial charge in [-0.3, -0.25) is 0 Å². The zero-order valence-electron chi connectivity index (χ0n) is 19.3. The van der Waals surface area contributed by atoms with Crippen molar-refractivity contribution in [3.63, 3.8) is 0 Å². The van der Waals surface area contributed by atoms with E-state index in [1.54, 1.807) is 14.2 Å². The van der Waals surface area contributed by atoms with E-state index in [4.69, 9.17) is 14.5 Å². The van der Waals surface area contributed by atoms with Crippen LogP contribution < -0.4 is 9.47 Å². The molecule has 5 aromatic rings. The molecule has 0 radical (unpaired) electrons. The van der Waals surface area contributed by atoms with Crippen LogP contribution in [0, 0.1) is 0 Å². The lowest BCUT2D eigenvalue weighted by Gasteiger charge is -2.15. The second-order valence-electron chi connectivity index (χ2n) is 8.01. The fourth-order valence-corrected chi connectivity index (χ4v) is 4.26. The van der Waals surface area contributed by atoms with Gasteiger partial charge in [0.2, 0.25) is 0 Å². The molecule has 0 amide bonds. The maximum Gasteiger partial charge on any atom is 0.161 e. The molecule has 4 heteroatoms. The van der Waals surface area contributed by atoms with Crippen LogP contribution in [0.25, 0.3) is 33.9 Å². The second kappa shape index (κ2) is 9.67. The van der Waals surface area contributed by atoms with Gasteiger partial charge < -0.3 is 14.0 Å². The predicted molar refractivity (Wildman–Crippen MR) is 137 cm³/mol. The summed E-state index contributed by atoms with van der Waals surface area (Å²) in [6.45, 7) is 0.634. The third kappa shape index (κ3) is 4.18. The van der Waals surface area contributed by atoms with Gasteiger partial charge in [-0.15, -0.1) is 0 Å². The van der Waals surface area contributed by atoms with Crippen molar-refractivity contribution in [2.24, 2.45) is 0 Å². The third-order valence-electron chi connectivity index (χ3n) is 5.88. The summed E-state index contributed by atoms with van der Waals surface area (Å²) in [6.07, 6.45) is 0. The Bertz CT molecular complexity index is 1380. The van der Waals surface area contributed by atoms with Crippen LogP contribution >= 0.6 is 0 Å². The van der Waals surface area contributed by atoms with E-state index in [1.807, 2.05) is 30.3 Å². The first-order chi connectivity index (χ1) is 16.8. The molecule has 0 saturated heterocycles. The van der Waals surface area contributed by atoms with Gasteiger partial charge in [-0.2, -0.15) is 0 Å². The molecule has 0 atom stereocenters. The highest BCUT2D eigenvalue weighted by atomic mass is 16.5. The SMILES string of the molecule is COc1ccc(Cn2c(-c3ccccc3)nc(-c3ccccc3)c2-c2ccccc2)cc1OC. The van der Waals surface area contributed by atoms with E-state index in [1.165, 1.54) is 0 Å². The molecule has 1 aromatic heterocycles. The molecule has 0 aliphatic heterocycles. The van der Waals surface area contributed by atoms with Crippen LogP contribution in [0.3, 0.4) is 0 Å². The third-order valence-corrected chi connectivity index (χ3v) is 5.88. The van der Waals surface area contributed by atoms with Crippen LogP contribution in [-0.2, 0) is 6.54 Å². The molecular formula is C30H26N2O2. The number of methoxy groups -OCH3 is 2. The number of hydrogen-bond donors (Lipinski definition) is 0. The lowest BCUT2D eigenvalue weighted by Crippen LogP contribution is -2.05. The van der Waals surface area contributed by atoms with Crippen LogP contribution in [0.1, 0.15) is 5.56 Å². The van der Waals surface area contributed by atoms with E-state index in [0.717, 1.165) is 39.5 Å². The standard InChI is InChI=1S/C30H26N2O2/c1-33-26-19-18-22(20-27(26)34-2)21-32-29(24-14-8-4-9-15-24)28(23-12-6-3-7-13-23)31-30(32)25-16-10-5-11-17-25/h3-20H,21H2,1-2H3. The maximum atomic E-state index is 5.57. The zero-order chi connectivity index (χ0) is 23.3. The van der Waals surface area contributed by atoms with Crippen LogP contribution in [0.15, 0.2) is 109 Å². The maximum absolute atomic E-state index is 5.57. The molecule has 0 fully saturated rings. The largest absolute Gasteiger partial charge is 0.493 e. The summed E-state index contributed by atoms with van der Waals surface area (Å²) in [5.41, 5.74) is 6.43. The molecule has 5 rings (SSSR count). The highest BCUT2D eigenvalue weighted by Gasteiger charge is 2.21. The van der Waals surface area contributed by atoms with Gasteiger partial charge in [-0.1, -0.05) is 97.1 Å². The first-order valence-electron chi connectivity index (χ1n) is 11.3. The van der Waals surface area contributed by atoms with Crippen molar-refractivity contribution in [2.75, 3.05) is 14.2 Å². The fourth-order valence-electron chi connectivity index (χ4n) is 4.26. The van der Waals surface area contributed by atoms with Crippen LogP contribution in [0.2, 0.25) is 0 Å². The number of rotatable bonds is 7. The topological polar surface area (TPSA) is 36.3 Å². The van der Waals surface area contributed by atoms with Gasteiger partial charge in [0.05, 0.1) is 25.6 Å². The molecule has 4 aromatic carbocycles. The van der Waals surface area contributed by atoms with Gasteiger partial charge >= 0.3 is 0 Å². The fraction of sp³-hybridized carbons (Fsp3) is 0.100. The zero-order valence-corrected chi connectivity index (χ0v) is 19.3. The van der Waals surface area contributed by atoms with Gasteiger partial charge in [0, 0.05) is 23.2 Å². The van der Waals surface area contributed by atoms with E-state index < -0.39 is 0 Å². The van der Waals surface area contributed by atoms with Crippen molar-refractivity contribution in [2.45, 2.75) is 6.54 Å². The Hall–Kier alpha value is -4.31. The van der Waals surface area contributed by atoms with Gasteiger partial charge in [0.25, 0.3) is 0 Å². The molecule has 4 nitrogen and oxygen atoms in total. The lowest BCUT2D eigenvalue weighted by atomic mass is 10.0. The highest BCUT2D eigenvalue weighted by Crippen LogP contribution is 2.37. The van der Waals surface area contributed by atoms with E-state index >= 15 is 0 Å². The van der Waals surface area contributed by atoms with Crippen LogP contribution in [-0.4, -0.2) is 23.8 Å². The molecule has 1 heterocycles. The Labute approximate surface area is 200 Å². The number of imidazole rings is 1. The summed E-state index contributed by atoms with van der Waals surface area (Å²) in [5.74, 6) is 2.35. The van der Waals surface area contributed by atoms with Gasteiger partial charge in [0.15, 0.2) is 11.5 Å². The first-order valence-corrected chi connectivity index (χ1v) is 11.3. The number of aromatic nitrogens is 2. The summed E-state index contributed by atoms with van der Waals surface area (Å²) in [5, 5.41) is 0. The minimum absolute atomic E-state index is 0.634. The quantitative estimate of drug-likeness (QED) is 0.271. The molecule has 0 unspecified atom stereocenters. The van der Waals surface area contributed by atoms with Crippen molar-refractivity contribution >= 4 is 0 Å². The molecule has 0 saturated carbocycles. The molecule has 0 N–H and O–H groups in total. The summed E-state index contributed by atoms with van der Waals surface area (Å²) in [7, 11) is 3.32. The summed E-state index contributed by atoms with van der Waals surface area (Å²) in [6, 6.07) is 37.2. The summed E-state index contributed by atoms with van der Waals surface area (Å²) >= 11 is 0. The van der Waals surface area contributed by atoms with E-state index in [2.05, 4.69) is 83.4 Å². The Kier molecular flexibility index (Phi) is 6.13. The number of benzene rings is 4. The Morgan fingerprint density at radius 3 is 1.76 bits per heavy atom. The van der Waals surface area contributed by atoms with Crippen molar-refractivity contribution in [1.82, 2.24) is 9.55 Å². The van der Waals surface area contributed by atoms with Gasteiger partial charge in [-0.25, -0.2) is 4.98 Å². The minimum Gasteiger partial charge on any atom is -0.493 e. The molecule has 168 valence electrons. The molecule has 0 aliphatic rings. The van der Waals surface area contributed by atoms with E-state index in [0.29, 0.717) is 18.0 Å². The van der Waals surface area contributed by atoms with Crippen molar-refractivity contribution in [1.29, 1.82) is 0 Å². The van der Waals surface area contributed by atoms with Crippen LogP contribution in [0.4, 0.5) is 0 Å². The first kappa shape index (κ1) is 21.5. The van der Waals surface area contributed by atoms with E-state index in [-0.39, 0.29) is 0 Å². The lowest BCUT2D eigenvalue weighted by molar-refractivity contribution is 0.354. The average Bonchev–Trinajstić information content (AvgIpc) is 3.29. The average molecular weight is 447 g/mol. The molecule has 34 heavy (non-hydrogen) atoms. The van der Waals surface area contributed by atoms with Gasteiger partial charge in [-0.05, 0) is 17.7 Å². The Morgan fingerprint density at radius 2 is 1.18 bits per heavy atom. The highest BCUT2D eigenvalue weighted by molar-refractivity contribution is 5.82. The van der Waals surface area contributed by atoms with Crippen molar-refractivity contribution < 1.29 is 9.47 Å². The van der Waals surface area contributed by atoms with Crippen molar-refractivity contribution in [3.8, 4) is 45.4 Å². The normalized spacial score (nSPS) is 10.8. The van der Waals surface area contributed by atoms with Crippen molar-refractivity contribution in [3.05, 3.63) is 115 Å². The molecule has 0 spiro atoms. The predicted octanol–water partition coefficient (Wildman–Crippen LogP) is 6.95. The second-order valence-corrected chi connectivity index (χ2v) is 8.01. The number of ether oxygens (including phenoxy) is 2. The van der Waals surface area contributed by atoms with Crippen LogP contribution in [0.5, 0.6) is 11.5 Å². The summed E-state index contributed by atoms with van der Waals surface area (Å²) < 4.78 is 13.3. The monoisotopic (exact) mass is 446 g/mol. The smallest absolute Gasteiger partial charge is 0.161 e. The Morgan fingerprint density at radius 1 is 0.618 bits per heavy atom. The molecule has 0 bridgehead atoms. The minimum atomic E-state index is 0.634. The van der Waals surface area contributed by atoms with Gasteiger partial charge in [0.1, 0.15) is 5.82 Å². The molecular weight excluding hydrogens is 420 g/mol. The molecule has 0 aliphatic carbocycles. The number of hydrogen-bond acceptors (Lipinski definition) is 3.